The van der Waals surface area contributed by atoms with Crippen LogP contribution >= 0.6 is 31.9 Å². The summed E-state index contributed by atoms with van der Waals surface area (Å²) in [6.07, 6.45) is 0. The predicted molar refractivity (Wildman–Crippen MR) is 86.4 cm³/mol. The summed E-state index contributed by atoms with van der Waals surface area (Å²) in [7, 11) is 0.316. The van der Waals surface area contributed by atoms with Crippen LogP contribution in [0, 0.1) is 0 Å². The summed E-state index contributed by atoms with van der Waals surface area (Å²) in [4.78, 5) is 11.9. The normalized spacial score (nSPS) is 11.1. The van der Waals surface area contributed by atoms with Gasteiger partial charge < -0.3 is 9.47 Å². The zero-order chi connectivity index (χ0) is 16.1. The molecule has 1 aromatic carbocycles. The van der Waals surface area contributed by atoms with E-state index in [0.717, 1.165) is 0 Å². The van der Waals surface area contributed by atoms with E-state index in [2.05, 4.69) is 10.3 Å². The molecule has 0 amide bonds. The van der Waals surface area contributed by atoms with Gasteiger partial charge >= 0.3 is 5.97 Å². The fourth-order valence-corrected chi connectivity index (χ4v) is 2.55. The molecule has 2 aromatic rings. The first-order valence-corrected chi connectivity index (χ1v) is 8.64. The van der Waals surface area contributed by atoms with Gasteiger partial charge in [0.1, 0.15) is 18.1 Å². The van der Waals surface area contributed by atoms with Gasteiger partial charge in [-0.1, -0.05) is 28.4 Å². The number of ether oxygens (including phenoxy) is 2. The number of hydrogen-bond acceptors (Lipinski definition) is 5. The third-order valence-electron chi connectivity index (χ3n) is 2.71. The summed E-state index contributed by atoms with van der Waals surface area (Å²) in [6, 6.07) is 4.94. The predicted octanol–water partition coefficient (Wildman–Crippen LogP) is 3.41. The molecule has 0 radical (unpaired) electrons. The van der Waals surface area contributed by atoms with Crippen LogP contribution in [-0.4, -0.2) is 34.0 Å². The van der Waals surface area contributed by atoms with E-state index in [-0.39, 0.29) is 18.9 Å². The lowest BCUT2D eigenvalue weighted by Crippen LogP contribution is -2.11. The van der Waals surface area contributed by atoms with Gasteiger partial charge in [0.2, 0.25) is 0 Å². The number of benzene rings is 1. The van der Waals surface area contributed by atoms with Gasteiger partial charge in [-0.3, -0.25) is 0 Å². The van der Waals surface area contributed by atoms with E-state index in [0.29, 0.717) is 30.2 Å². The van der Waals surface area contributed by atoms with Crippen molar-refractivity contribution in [1.82, 2.24) is 14.8 Å². The number of hydrogen-bond donors (Lipinski definition) is 0. The minimum Gasteiger partial charge on any atom is -0.487 e. The fraction of sp³-hybridized carbons (Fsp3) is 0.308. The summed E-state index contributed by atoms with van der Waals surface area (Å²) >= 11 is 11.8. The highest BCUT2D eigenvalue weighted by atomic mass is 35.5. The molecule has 0 N–H and O–H groups in total. The first-order valence-electron chi connectivity index (χ1n) is 6.44. The van der Waals surface area contributed by atoms with Gasteiger partial charge in [-0.2, -0.15) is 0 Å². The first kappa shape index (κ1) is 17.0. The summed E-state index contributed by atoms with van der Waals surface area (Å²) in [5.41, 5.74) is 0.724. The van der Waals surface area contributed by atoms with Gasteiger partial charge in [0.25, 0.3) is 0 Å². The molecule has 1 aromatic heterocycles. The molecule has 1 atom stereocenters. The van der Waals surface area contributed by atoms with E-state index in [4.69, 9.17) is 32.7 Å². The zero-order valence-corrected chi connectivity index (χ0v) is 14.5. The van der Waals surface area contributed by atoms with E-state index in [1.807, 2.05) is 6.66 Å². The number of halogens is 2. The van der Waals surface area contributed by atoms with Gasteiger partial charge in [0.15, 0.2) is 5.69 Å². The van der Waals surface area contributed by atoms with Gasteiger partial charge in [-0.05, 0) is 25.7 Å². The molecule has 0 fully saturated rings. The molecule has 2 rings (SSSR count). The highest BCUT2D eigenvalue weighted by Gasteiger charge is 2.21. The maximum atomic E-state index is 11.9. The van der Waals surface area contributed by atoms with Crippen molar-refractivity contribution >= 4 is 37.9 Å². The molecule has 0 bridgehead atoms. The molecule has 0 saturated heterocycles. The third-order valence-corrected chi connectivity index (χ3v) is 4.23. The summed E-state index contributed by atoms with van der Waals surface area (Å²) in [5.74, 6) is 0.0242. The largest absolute Gasteiger partial charge is 0.487 e. The molecule has 0 aliphatic carbocycles. The molecular formula is C13H14Cl2N3O3P. The average Bonchev–Trinajstić information content (AvgIpc) is 2.91. The SMILES string of the molecule is CCOC(=O)c1nnn(PC)c1COc1ccc(Cl)c(Cl)c1. The minimum absolute atomic E-state index is 0.125. The Bertz CT molecular complexity index is 679. The van der Waals surface area contributed by atoms with E-state index >= 15 is 0 Å². The lowest BCUT2D eigenvalue weighted by atomic mass is 10.3. The van der Waals surface area contributed by atoms with Crippen LogP contribution in [0.1, 0.15) is 23.1 Å². The van der Waals surface area contributed by atoms with Crippen LogP contribution in [0.4, 0.5) is 0 Å². The lowest BCUT2D eigenvalue weighted by Gasteiger charge is -2.09. The number of carbonyl (C=O) groups is 1. The Balaban J connectivity index is 2.18. The number of rotatable bonds is 6. The molecule has 0 saturated carbocycles. The van der Waals surface area contributed by atoms with Crippen molar-refractivity contribution in [3.05, 3.63) is 39.6 Å². The molecule has 1 unspecified atom stereocenters. The molecule has 0 aliphatic rings. The highest BCUT2D eigenvalue weighted by Crippen LogP contribution is 2.27. The Morgan fingerprint density at radius 3 is 2.77 bits per heavy atom. The molecular weight excluding hydrogens is 348 g/mol. The Hall–Kier alpha value is -1.36. The smallest absolute Gasteiger partial charge is 0.360 e. The average molecular weight is 362 g/mol. The molecule has 6 nitrogen and oxygen atoms in total. The van der Waals surface area contributed by atoms with Crippen LogP contribution in [0.25, 0.3) is 0 Å². The van der Waals surface area contributed by atoms with Crippen molar-refractivity contribution in [1.29, 1.82) is 0 Å². The Morgan fingerprint density at radius 1 is 1.36 bits per heavy atom. The number of aromatic nitrogens is 3. The van der Waals surface area contributed by atoms with Crippen molar-refractivity contribution < 1.29 is 14.3 Å². The van der Waals surface area contributed by atoms with Crippen molar-refractivity contribution in [3.8, 4) is 5.75 Å². The van der Waals surface area contributed by atoms with Gasteiger partial charge in [-0.15, -0.1) is 5.10 Å². The van der Waals surface area contributed by atoms with Gasteiger partial charge in [0, 0.05) is 14.8 Å². The third kappa shape index (κ3) is 3.88. The van der Waals surface area contributed by atoms with Crippen molar-refractivity contribution in [2.45, 2.75) is 13.5 Å². The Labute approximate surface area is 139 Å². The van der Waals surface area contributed by atoms with E-state index < -0.39 is 5.97 Å². The first-order chi connectivity index (χ1) is 10.6. The Kier molecular flexibility index (Phi) is 6.00. The van der Waals surface area contributed by atoms with Crippen LogP contribution in [0.15, 0.2) is 18.2 Å². The van der Waals surface area contributed by atoms with Crippen molar-refractivity contribution in [3.63, 3.8) is 0 Å². The van der Waals surface area contributed by atoms with Crippen LogP contribution < -0.4 is 4.74 Å². The highest BCUT2D eigenvalue weighted by molar-refractivity contribution is 7.35. The van der Waals surface area contributed by atoms with Crippen LogP contribution in [0.5, 0.6) is 5.75 Å². The lowest BCUT2D eigenvalue weighted by molar-refractivity contribution is 0.0516. The van der Waals surface area contributed by atoms with Crippen molar-refractivity contribution in [2.24, 2.45) is 0 Å². The van der Waals surface area contributed by atoms with Crippen LogP contribution in [-0.2, 0) is 11.3 Å². The van der Waals surface area contributed by atoms with E-state index in [1.54, 1.807) is 29.6 Å². The molecule has 1 heterocycles. The second-order valence-corrected chi connectivity index (χ2v) is 5.79. The van der Waals surface area contributed by atoms with E-state index in [1.165, 1.54) is 0 Å². The maximum absolute atomic E-state index is 11.9. The monoisotopic (exact) mass is 361 g/mol. The standard InChI is InChI=1S/C13H14Cl2N3O3P/c1-3-20-13(19)12-11(18(22-2)17-16-12)7-21-8-4-5-9(14)10(15)6-8/h4-6,22H,3,7H2,1-2H3. The van der Waals surface area contributed by atoms with E-state index in [9.17, 15) is 4.79 Å². The molecule has 22 heavy (non-hydrogen) atoms. The minimum atomic E-state index is -0.514. The second kappa shape index (κ2) is 7.77. The quantitative estimate of drug-likeness (QED) is 0.582. The summed E-state index contributed by atoms with van der Waals surface area (Å²) in [5, 5.41) is 8.64. The topological polar surface area (TPSA) is 66.2 Å². The maximum Gasteiger partial charge on any atom is 0.360 e. The number of esters is 1. The van der Waals surface area contributed by atoms with Crippen molar-refractivity contribution in [2.75, 3.05) is 13.3 Å². The fourth-order valence-electron chi connectivity index (χ4n) is 1.69. The van der Waals surface area contributed by atoms with Gasteiger partial charge in [0.05, 0.1) is 16.7 Å². The van der Waals surface area contributed by atoms with Gasteiger partial charge in [-0.25, -0.2) is 9.25 Å². The van der Waals surface area contributed by atoms with Crippen LogP contribution in [0.2, 0.25) is 10.0 Å². The number of carbonyl (C=O) groups excluding carboxylic acids is 1. The molecule has 0 aliphatic heterocycles. The Morgan fingerprint density at radius 2 is 2.14 bits per heavy atom. The molecule has 0 spiro atoms. The molecule has 118 valence electrons. The second-order valence-electron chi connectivity index (χ2n) is 4.11. The zero-order valence-electron chi connectivity index (χ0n) is 12.0. The van der Waals surface area contributed by atoms with Crippen LogP contribution in [0.3, 0.4) is 0 Å². The number of nitrogens with zero attached hydrogens (tertiary/aromatic N) is 3. The molecule has 9 heteroatoms. The summed E-state index contributed by atoms with van der Waals surface area (Å²) < 4.78 is 12.2. The summed E-state index contributed by atoms with van der Waals surface area (Å²) in [6.45, 7) is 4.05.